The second-order valence-electron chi connectivity index (χ2n) is 12.0. The van der Waals surface area contributed by atoms with Crippen LogP contribution in [0.5, 0.6) is 46.0 Å². The van der Waals surface area contributed by atoms with Crippen molar-refractivity contribution in [3.63, 3.8) is 0 Å². The summed E-state index contributed by atoms with van der Waals surface area (Å²) in [5.74, 6) is 2.18. The molecular formula is C40H36Cl2N2O8. The summed E-state index contributed by atoms with van der Waals surface area (Å²) in [6.07, 6.45) is 3.95. The van der Waals surface area contributed by atoms with Crippen LogP contribution < -0.4 is 52.6 Å². The molecule has 0 atom stereocenters. The first-order valence-electron chi connectivity index (χ1n) is 15.8. The molecule has 12 heteroatoms. The molecule has 0 saturated heterocycles. The normalized spacial score (nSPS) is 10.9. The molecular weight excluding hydrogens is 707 g/mol. The zero-order chi connectivity index (χ0) is 35.4. The lowest BCUT2D eigenvalue weighted by molar-refractivity contribution is -0.517. The number of halogens is 2. The molecule has 8 rings (SSSR count). The van der Waals surface area contributed by atoms with E-state index in [2.05, 4.69) is 29.7 Å². The maximum absolute atomic E-state index is 9.81. The third-order valence-corrected chi connectivity index (χ3v) is 9.37. The number of benzene rings is 4. The van der Waals surface area contributed by atoms with Crippen LogP contribution >= 0.6 is 0 Å². The van der Waals surface area contributed by atoms with Crippen LogP contribution in [-0.2, 0) is 0 Å². The van der Waals surface area contributed by atoms with E-state index in [-0.39, 0.29) is 47.8 Å². The fourth-order valence-corrected chi connectivity index (χ4v) is 6.72. The summed E-state index contributed by atoms with van der Waals surface area (Å²) in [6.45, 7) is 4.02. The Morgan fingerprint density at radius 2 is 0.731 bits per heavy atom. The highest BCUT2D eigenvalue weighted by molar-refractivity contribution is 6.01. The van der Waals surface area contributed by atoms with Gasteiger partial charge in [0, 0.05) is 38.1 Å². The first kappa shape index (κ1) is 37.4. The third kappa shape index (κ3) is 6.10. The van der Waals surface area contributed by atoms with E-state index in [4.69, 9.17) is 18.9 Å². The molecule has 0 saturated carbocycles. The predicted molar refractivity (Wildman–Crippen MR) is 192 cm³/mol. The highest BCUT2D eigenvalue weighted by Gasteiger charge is 2.20. The van der Waals surface area contributed by atoms with Gasteiger partial charge in [0.2, 0.25) is 11.0 Å². The van der Waals surface area contributed by atoms with Crippen molar-refractivity contribution < 1.29 is 73.0 Å². The molecule has 0 fully saturated rings. The van der Waals surface area contributed by atoms with Gasteiger partial charge in [-0.2, -0.15) is 8.80 Å². The fraction of sp³-hybridized carbons (Fsp3) is 0.150. The lowest BCUT2D eigenvalue weighted by atomic mass is 10.0. The number of rotatable bonds is 4. The Labute approximate surface area is 311 Å². The number of aromatic nitrogens is 2. The number of fused-ring (bicyclic) bond motifs is 8. The molecule has 4 heterocycles. The topological polar surface area (TPSA) is 126 Å². The minimum absolute atomic E-state index is 0. The summed E-state index contributed by atoms with van der Waals surface area (Å²) in [6, 6.07) is 22.1. The van der Waals surface area contributed by atoms with Gasteiger partial charge in [0.1, 0.15) is 0 Å². The van der Waals surface area contributed by atoms with Gasteiger partial charge in [-0.05, 0) is 70.1 Å². The number of phenolic OH excluding ortho intramolecular Hbond substituents is 4. The predicted octanol–water partition coefficient (Wildman–Crippen LogP) is 0.945. The molecule has 8 aromatic rings. The molecule has 52 heavy (non-hydrogen) atoms. The lowest BCUT2D eigenvalue weighted by Gasteiger charge is -2.11. The van der Waals surface area contributed by atoms with Crippen LogP contribution in [0.25, 0.3) is 54.1 Å². The van der Waals surface area contributed by atoms with Crippen molar-refractivity contribution in [3.05, 3.63) is 96.6 Å². The maximum Gasteiger partial charge on any atom is 0.219 e. The molecule has 0 amide bonds. The van der Waals surface area contributed by atoms with Crippen molar-refractivity contribution in [3.8, 4) is 46.0 Å². The molecule has 0 bridgehead atoms. The minimum Gasteiger partial charge on any atom is -1.00 e. The van der Waals surface area contributed by atoms with Gasteiger partial charge in [-0.1, -0.05) is 0 Å². The van der Waals surface area contributed by atoms with Crippen LogP contribution in [0.4, 0.5) is 0 Å². The number of phenols is 4. The van der Waals surface area contributed by atoms with Crippen molar-refractivity contribution in [2.24, 2.45) is 0 Å². The molecule has 4 aromatic heterocycles. The number of hydrogen-bond acceptors (Lipinski definition) is 8. The van der Waals surface area contributed by atoms with Gasteiger partial charge in [0.25, 0.3) is 0 Å². The molecule has 0 aliphatic heterocycles. The molecule has 0 radical (unpaired) electrons. The summed E-state index contributed by atoms with van der Waals surface area (Å²) < 4.78 is 26.0. The van der Waals surface area contributed by atoms with Crippen LogP contribution in [0.2, 0.25) is 0 Å². The van der Waals surface area contributed by atoms with Crippen molar-refractivity contribution in [2.45, 2.75) is 13.8 Å². The largest absolute Gasteiger partial charge is 1.00 e. The van der Waals surface area contributed by atoms with Crippen LogP contribution in [0.1, 0.15) is 11.4 Å². The monoisotopic (exact) mass is 742 g/mol. The molecule has 10 nitrogen and oxygen atoms in total. The Kier molecular flexibility index (Phi) is 10.4. The molecule has 0 spiro atoms. The average molecular weight is 744 g/mol. The number of nitrogens with zero attached hydrogens (tertiary/aromatic N) is 2. The first-order chi connectivity index (χ1) is 24.1. The van der Waals surface area contributed by atoms with Crippen LogP contribution in [0.15, 0.2) is 85.2 Å². The number of aryl methyl sites for hydroxylation is 2. The summed E-state index contributed by atoms with van der Waals surface area (Å²) in [7, 11) is 6.61. The van der Waals surface area contributed by atoms with Gasteiger partial charge >= 0.3 is 0 Å². The highest BCUT2D eigenvalue weighted by Crippen LogP contribution is 2.38. The molecule has 0 unspecified atom stereocenters. The number of ether oxygens (including phenoxy) is 4. The van der Waals surface area contributed by atoms with E-state index < -0.39 is 0 Å². The van der Waals surface area contributed by atoms with Crippen LogP contribution in [-0.4, -0.2) is 48.9 Å². The quantitative estimate of drug-likeness (QED) is 0.0910. The molecule has 0 aliphatic carbocycles. The van der Waals surface area contributed by atoms with Gasteiger partial charge in [0.05, 0.1) is 50.0 Å². The second-order valence-corrected chi connectivity index (χ2v) is 12.0. The highest BCUT2D eigenvalue weighted by atomic mass is 35.5. The van der Waals surface area contributed by atoms with E-state index in [0.29, 0.717) is 11.5 Å². The van der Waals surface area contributed by atoms with E-state index in [1.165, 1.54) is 24.3 Å². The number of aromatic hydroxyl groups is 4. The third-order valence-electron chi connectivity index (χ3n) is 9.37. The minimum atomic E-state index is -0.183. The second kappa shape index (κ2) is 14.4. The Morgan fingerprint density at radius 1 is 0.404 bits per heavy atom. The number of methoxy groups -OCH3 is 4. The summed E-state index contributed by atoms with van der Waals surface area (Å²) in [5, 5.41) is 46.5. The molecule has 0 aliphatic rings. The summed E-state index contributed by atoms with van der Waals surface area (Å²) >= 11 is 0. The maximum atomic E-state index is 9.81. The molecule has 4 aromatic carbocycles. The lowest BCUT2D eigenvalue weighted by Crippen LogP contribution is -3.00. The number of hydrogen-bond donors (Lipinski definition) is 4. The summed E-state index contributed by atoms with van der Waals surface area (Å²) in [5.41, 5.74) is 3.93. The first-order valence-corrected chi connectivity index (χ1v) is 15.8. The van der Waals surface area contributed by atoms with Gasteiger partial charge in [-0.25, -0.2) is 0 Å². The van der Waals surface area contributed by atoms with E-state index in [1.54, 1.807) is 28.4 Å². The van der Waals surface area contributed by atoms with Crippen molar-refractivity contribution >= 4 is 54.1 Å². The van der Waals surface area contributed by atoms with Gasteiger partial charge < -0.3 is 64.2 Å². The Balaban J connectivity index is 0.000000196. The Hall–Kier alpha value is -5.84. The Morgan fingerprint density at radius 3 is 1.23 bits per heavy atom. The van der Waals surface area contributed by atoms with Crippen molar-refractivity contribution in [2.75, 3.05) is 28.4 Å². The smallest absolute Gasteiger partial charge is 0.219 e. The zero-order valence-electron chi connectivity index (χ0n) is 29.2. The van der Waals surface area contributed by atoms with E-state index in [1.807, 2.05) is 53.9 Å². The van der Waals surface area contributed by atoms with Gasteiger partial charge in [-0.3, -0.25) is 0 Å². The van der Waals surface area contributed by atoms with Crippen LogP contribution in [0, 0.1) is 13.8 Å². The fourth-order valence-electron chi connectivity index (χ4n) is 6.72. The van der Waals surface area contributed by atoms with E-state index in [0.717, 1.165) is 77.0 Å². The molecule has 4 N–H and O–H groups in total. The van der Waals surface area contributed by atoms with E-state index in [9.17, 15) is 20.4 Å². The average Bonchev–Trinajstić information content (AvgIpc) is 3.12. The molecule has 268 valence electrons. The van der Waals surface area contributed by atoms with E-state index >= 15 is 0 Å². The van der Waals surface area contributed by atoms with Crippen molar-refractivity contribution in [1.82, 2.24) is 0 Å². The van der Waals surface area contributed by atoms with Gasteiger partial charge in [0.15, 0.2) is 69.8 Å². The number of pyridine rings is 4. The van der Waals surface area contributed by atoms with Crippen molar-refractivity contribution in [1.29, 1.82) is 0 Å². The standard InChI is InChI=1S/C22H22NO4.C18H13NO4.2ClH/c1-13-16-11-21(26-4)20(25-3)10-15(16)8-18-17-12-22(27-5)19(24-2)9-14(17)6-7-23(13)18;1-9-12-7-17(22)16(21)6-11(12)4-14-13-8-18(23)15(20)5-10(13)2-3-19(9)14;;/h6-12H,1-5H3;2-8H,1H3,(H3,20,21,22,23);2*1H/q+1;;;/p-1. The zero-order valence-corrected chi connectivity index (χ0v) is 30.7. The SMILES string of the molecule is COc1cc2cc3c4cc(OC)c(OC)cc4cc[n+]3c(C)c2cc1OC.Cc1c2cc(O)c(O)cc2cc2c3cc(O)c(O)cc3cc[n+]12.[Cl-].[Cl-]. The Bertz CT molecular complexity index is 2680. The van der Waals surface area contributed by atoms with Gasteiger partial charge in [-0.15, -0.1) is 0 Å². The summed E-state index contributed by atoms with van der Waals surface area (Å²) in [4.78, 5) is 0. The van der Waals surface area contributed by atoms with Crippen LogP contribution in [0.3, 0.4) is 0 Å².